The number of nitrogens with one attached hydrogen (secondary N) is 2. The van der Waals surface area contributed by atoms with Gasteiger partial charge in [-0.25, -0.2) is 4.99 Å². The van der Waals surface area contributed by atoms with E-state index in [4.69, 9.17) is 11.6 Å². The molecule has 2 saturated heterocycles. The van der Waals surface area contributed by atoms with Gasteiger partial charge in [0.05, 0.1) is 5.92 Å². The molecule has 2 N–H and O–H groups in total. The molecule has 1 unspecified atom stereocenters. The normalized spacial score (nSPS) is 22.5. The highest BCUT2D eigenvalue weighted by atomic mass is 35.5. The summed E-state index contributed by atoms with van der Waals surface area (Å²) >= 11 is 6.48. The molecular weight excluding hydrogens is 462 g/mol. The van der Waals surface area contributed by atoms with Gasteiger partial charge in [0, 0.05) is 60.8 Å². The summed E-state index contributed by atoms with van der Waals surface area (Å²) in [7, 11) is 2.11. The summed E-state index contributed by atoms with van der Waals surface area (Å²) < 4.78 is 0. The first-order valence-corrected chi connectivity index (χ1v) is 13.2. The summed E-state index contributed by atoms with van der Waals surface area (Å²) in [6.45, 7) is 10.4. The van der Waals surface area contributed by atoms with E-state index in [0.717, 1.165) is 55.8 Å². The molecule has 1 aromatic carbocycles. The zero-order chi connectivity index (χ0) is 25.1. The van der Waals surface area contributed by atoms with Crippen molar-refractivity contribution < 1.29 is 9.59 Å². The van der Waals surface area contributed by atoms with Crippen molar-refractivity contribution >= 4 is 34.8 Å². The fourth-order valence-corrected chi connectivity index (χ4v) is 5.93. The van der Waals surface area contributed by atoms with Gasteiger partial charge in [0.15, 0.2) is 0 Å². The SMILES string of the molecule is CC1=CC(C)=NC(=O)C1CNC(=O)c1cc(Cl)cc(N(C)C2CCN(C3CCNCC3)CC2)c1C. The second kappa shape index (κ2) is 11.2. The highest BCUT2D eigenvalue weighted by Crippen LogP contribution is 2.31. The number of rotatable bonds is 6. The summed E-state index contributed by atoms with van der Waals surface area (Å²) in [6.07, 6.45) is 6.57. The van der Waals surface area contributed by atoms with Crippen LogP contribution in [0.4, 0.5) is 5.69 Å². The van der Waals surface area contributed by atoms with E-state index in [9.17, 15) is 9.59 Å². The van der Waals surface area contributed by atoms with Crippen LogP contribution >= 0.6 is 11.6 Å². The predicted molar refractivity (Wildman–Crippen MR) is 143 cm³/mol. The van der Waals surface area contributed by atoms with Gasteiger partial charge in [0.25, 0.3) is 11.8 Å². The summed E-state index contributed by atoms with van der Waals surface area (Å²) in [6, 6.07) is 4.79. The number of likely N-dealkylation sites (tertiary alicyclic amines) is 1. The number of piperidine rings is 2. The van der Waals surface area contributed by atoms with Crippen LogP contribution in [0.5, 0.6) is 0 Å². The van der Waals surface area contributed by atoms with Gasteiger partial charge in [0.1, 0.15) is 0 Å². The van der Waals surface area contributed by atoms with E-state index in [1.165, 1.54) is 12.8 Å². The van der Waals surface area contributed by atoms with E-state index < -0.39 is 5.92 Å². The van der Waals surface area contributed by atoms with Gasteiger partial charge in [-0.15, -0.1) is 0 Å². The number of hydrogen-bond donors (Lipinski definition) is 2. The van der Waals surface area contributed by atoms with Gasteiger partial charge >= 0.3 is 0 Å². The van der Waals surface area contributed by atoms with Crippen molar-refractivity contribution in [2.24, 2.45) is 10.9 Å². The lowest BCUT2D eigenvalue weighted by Crippen LogP contribution is -2.50. The molecule has 8 heteroatoms. The van der Waals surface area contributed by atoms with Crippen LogP contribution in [0.25, 0.3) is 0 Å². The molecule has 2 fully saturated rings. The van der Waals surface area contributed by atoms with Crippen molar-refractivity contribution in [3.63, 3.8) is 0 Å². The van der Waals surface area contributed by atoms with E-state index in [2.05, 4.69) is 32.5 Å². The van der Waals surface area contributed by atoms with Gasteiger partial charge in [0.2, 0.25) is 0 Å². The maximum atomic E-state index is 13.1. The van der Waals surface area contributed by atoms with Gasteiger partial charge in [-0.2, -0.15) is 0 Å². The number of anilines is 1. The maximum absolute atomic E-state index is 13.1. The monoisotopic (exact) mass is 499 g/mol. The van der Waals surface area contributed by atoms with E-state index in [0.29, 0.717) is 28.4 Å². The summed E-state index contributed by atoms with van der Waals surface area (Å²) in [5.41, 5.74) is 4.08. The third kappa shape index (κ3) is 5.96. The van der Waals surface area contributed by atoms with Crippen LogP contribution < -0.4 is 15.5 Å². The summed E-state index contributed by atoms with van der Waals surface area (Å²) in [4.78, 5) is 34.4. The molecule has 0 aliphatic carbocycles. The number of amides is 2. The number of nitrogens with zero attached hydrogens (tertiary/aromatic N) is 3. The van der Waals surface area contributed by atoms with Crippen LogP contribution in [-0.2, 0) is 4.79 Å². The molecular formula is C27H38ClN5O2. The van der Waals surface area contributed by atoms with E-state index in [1.54, 1.807) is 13.0 Å². The van der Waals surface area contributed by atoms with E-state index >= 15 is 0 Å². The van der Waals surface area contributed by atoms with Crippen LogP contribution in [0.15, 0.2) is 28.8 Å². The van der Waals surface area contributed by atoms with Crippen LogP contribution in [0, 0.1) is 12.8 Å². The molecule has 190 valence electrons. The van der Waals surface area contributed by atoms with Gasteiger partial charge in [-0.1, -0.05) is 17.2 Å². The zero-order valence-electron chi connectivity index (χ0n) is 21.4. The Hall–Kier alpha value is -2.22. The Morgan fingerprint density at radius 3 is 2.51 bits per heavy atom. The lowest BCUT2D eigenvalue weighted by atomic mass is 9.95. The van der Waals surface area contributed by atoms with Crippen molar-refractivity contribution in [1.82, 2.24) is 15.5 Å². The van der Waals surface area contributed by atoms with Crippen LogP contribution in [0.1, 0.15) is 55.5 Å². The number of hydrogen-bond acceptors (Lipinski definition) is 5. The maximum Gasteiger partial charge on any atom is 0.254 e. The van der Waals surface area contributed by atoms with Crippen molar-refractivity contribution in [3.05, 3.63) is 39.9 Å². The van der Waals surface area contributed by atoms with Crippen molar-refractivity contribution in [3.8, 4) is 0 Å². The highest BCUT2D eigenvalue weighted by molar-refractivity contribution is 6.31. The standard InChI is InChI=1S/C27H38ClN5O2/c1-17-13-18(2)31-27(35)24(17)16-30-26(34)23-14-20(28)15-25(19(23)3)32(4)21-7-11-33(12-8-21)22-5-9-29-10-6-22/h13-15,21-22,24,29H,5-12,16H2,1-4H3,(H,30,34). The lowest BCUT2D eigenvalue weighted by Gasteiger charge is -2.42. The minimum atomic E-state index is -0.422. The molecule has 0 spiro atoms. The predicted octanol–water partition coefficient (Wildman–Crippen LogP) is 3.59. The van der Waals surface area contributed by atoms with Crippen LogP contribution in [-0.4, -0.2) is 74.3 Å². The number of allylic oxidation sites excluding steroid dienone is 1. The van der Waals surface area contributed by atoms with Gasteiger partial charge < -0.3 is 20.4 Å². The first kappa shape index (κ1) is 25.9. The number of benzene rings is 1. The zero-order valence-corrected chi connectivity index (χ0v) is 22.1. The third-order valence-electron chi connectivity index (χ3n) is 7.88. The topological polar surface area (TPSA) is 77.0 Å². The average molecular weight is 500 g/mol. The molecule has 0 bridgehead atoms. The summed E-state index contributed by atoms with van der Waals surface area (Å²) in [5.74, 6) is -0.844. The Morgan fingerprint density at radius 2 is 1.86 bits per heavy atom. The lowest BCUT2D eigenvalue weighted by molar-refractivity contribution is -0.120. The summed E-state index contributed by atoms with van der Waals surface area (Å²) in [5, 5.41) is 6.94. The Labute approximate surface area is 214 Å². The second-order valence-electron chi connectivity index (χ2n) is 10.2. The van der Waals surface area contributed by atoms with Gasteiger partial charge in [-0.3, -0.25) is 9.59 Å². The van der Waals surface area contributed by atoms with Crippen molar-refractivity contribution in [2.45, 2.75) is 58.5 Å². The number of aliphatic imine (C=N–C) groups is 1. The Morgan fingerprint density at radius 1 is 1.17 bits per heavy atom. The molecule has 0 saturated carbocycles. The van der Waals surface area contributed by atoms with Crippen molar-refractivity contribution in [2.75, 3.05) is 44.7 Å². The fourth-order valence-electron chi connectivity index (χ4n) is 5.72. The number of carbonyl (C=O) groups is 2. The number of dihydropyridines is 1. The smallest absolute Gasteiger partial charge is 0.254 e. The largest absolute Gasteiger partial charge is 0.371 e. The molecule has 3 aliphatic heterocycles. The Kier molecular flexibility index (Phi) is 8.30. The second-order valence-corrected chi connectivity index (χ2v) is 10.6. The molecule has 1 atom stereocenters. The number of carbonyl (C=O) groups excluding carboxylic acids is 2. The van der Waals surface area contributed by atoms with E-state index in [-0.39, 0.29) is 18.4 Å². The molecule has 2 amide bonds. The average Bonchev–Trinajstić information content (AvgIpc) is 2.84. The molecule has 0 aromatic heterocycles. The minimum absolute atomic E-state index is 0.207. The van der Waals surface area contributed by atoms with Crippen LogP contribution in [0.3, 0.4) is 0 Å². The Bertz CT molecular complexity index is 1020. The first-order chi connectivity index (χ1) is 16.7. The molecule has 4 rings (SSSR count). The van der Waals surface area contributed by atoms with Crippen molar-refractivity contribution in [1.29, 1.82) is 0 Å². The molecule has 7 nitrogen and oxygen atoms in total. The van der Waals surface area contributed by atoms with E-state index in [1.807, 2.05) is 26.0 Å². The highest BCUT2D eigenvalue weighted by Gasteiger charge is 2.29. The molecule has 35 heavy (non-hydrogen) atoms. The molecule has 0 radical (unpaired) electrons. The number of halogens is 1. The Balaban J connectivity index is 1.41. The van der Waals surface area contributed by atoms with Crippen LogP contribution in [0.2, 0.25) is 5.02 Å². The van der Waals surface area contributed by atoms with Gasteiger partial charge in [-0.05, 0) is 83.3 Å². The quantitative estimate of drug-likeness (QED) is 0.625. The molecule has 1 aromatic rings. The minimum Gasteiger partial charge on any atom is -0.371 e. The first-order valence-electron chi connectivity index (χ1n) is 12.8. The molecule has 3 aliphatic rings. The third-order valence-corrected chi connectivity index (χ3v) is 8.10. The fraction of sp³-hybridized carbons (Fsp3) is 0.593. The molecule has 3 heterocycles.